The smallest absolute Gasteiger partial charge is 0.207 e. The summed E-state index contributed by atoms with van der Waals surface area (Å²) in [4.78, 5) is 24.3. The predicted molar refractivity (Wildman–Crippen MR) is 142 cm³/mol. The van der Waals surface area contributed by atoms with Crippen LogP contribution in [-0.4, -0.2) is 66.3 Å². The minimum Gasteiger partial charge on any atom is -0.362 e. The van der Waals surface area contributed by atoms with E-state index in [1.54, 1.807) is 18.3 Å². The quantitative estimate of drug-likeness (QED) is 0.244. The van der Waals surface area contributed by atoms with Gasteiger partial charge in [0.25, 0.3) is 0 Å². The number of nitrogens with zero attached hydrogens (tertiary/aromatic N) is 5. The highest BCUT2D eigenvalue weighted by molar-refractivity contribution is 6.35. The van der Waals surface area contributed by atoms with Crippen molar-refractivity contribution in [3.63, 3.8) is 0 Å². The molecule has 2 atom stereocenters. The predicted octanol–water partition coefficient (Wildman–Crippen LogP) is 3.74. The van der Waals surface area contributed by atoms with Crippen LogP contribution in [0.3, 0.4) is 0 Å². The second-order valence-corrected chi connectivity index (χ2v) is 10.2. The number of carbonyl (C=O) groups is 1. The van der Waals surface area contributed by atoms with Gasteiger partial charge >= 0.3 is 0 Å². The first kappa shape index (κ1) is 26.1. The van der Waals surface area contributed by atoms with E-state index in [0.29, 0.717) is 34.2 Å². The Morgan fingerprint density at radius 2 is 2.14 bits per heavy atom. The minimum atomic E-state index is -0.251. The number of rotatable bonds is 10. The fourth-order valence-electron chi connectivity index (χ4n) is 4.96. The van der Waals surface area contributed by atoms with Gasteiger partial charge in [0.1, 0.15) is 17.6 Å². The fraction of sp³-hybridized carbons (Fsp3) is 0.480. The lowest BCUT2D eigenvalue weighted by Gasteiger charge is -2.47. The zero-order valence-electron chi connectivity index (χ0n) is 20.2. The molecule has 2 aromatic rings. The molecule has 2 aliphatic rings. The van der Waals surface area contributed by atoms with E-state index in [1.807, 2.05) is 19.1 Å². The summed E-state index contributed by atoms with van der Waals surface area (Å²) in [6.07, 6.45) is 4.78. The van der Waals surface area contributed by atoms with Gasteiger partial charge in [0.15, 0.2) is 11.5 Å². The van der Waals surface area contributed by atoms with Crippen LogP contribution in [0.25, 0.3) is 0 Å². The van der Waals surface area contributed by atoms with Crippen LogP contribution < -0.4 is 15.5 Å². The van der Waals surface area contributed by atoms with Crippen molar-refractivity contribution in [2.45, 2.75) is 25.8 Å². The summed E-state index contributed by atoms with van der Waals surface area (Å²) in [5, 5.41) is 24.5. The van der Waals surface area contributed by atoms with Crippen molar-refractivity contribution in [2.24, 2.45) is 11.8 Å². The molecule has 11 heteroatoms. The van der Waals surface area contributed by atoms with Gasteiger partial charge in [0.2, 0.25) is 6.41 Å². The van der Waals surface area contributed by atoms with E-state index in [9.17, 15) is 10.1 Å². The average molecular weight is 529 g/mol. The first-order chi connectivity index (χ1) is 17.4. The van der Waals surface area contributed by atoms with E-state index in [1.165, 1.54) is 12.8 Å². The Bertz CT molecular complexity index is 1150. The molecule has 3 N–H and O–H groups in total. The maximum atomic E-state index is 10.5. The van der Waals surface area contributed by atoms with Gasteiger partial charge in [-0.1, -0.05) is 29.3 Å². The van der Waals surface area contributed by atoms with Gasteiger partial charge in [-0.3, -0.25) is 10.2 Å². The Kier molecular flexibility index (Phi) is 8.62. The zero-order chi connectivity index (χ0) is 25.7. The first-order valence-electron chi connectivity index (χ1n) is 12.1. The van der Waals surface area contributed by atoms with Crippen LogP contribution in [0.1, 0.15) is 37.1 Å². The number of nitriles is 1. The number of anilines is 2. The number of halogens is 2. The molecule has 4 rings (SSSR count). The summed E-state index contributed by atoms with van der Waals surface area (Å²) in [6.45, 7) is 7.42. The summed E-state index contributed by atoms with van der Waals surface area (Å²) in [5.74, 6) is 2.30. The van der Waals surface area contributed by atoms with Gasteiger partial charge in [-0.2, -0.15) is 5.26 Å². The van der Waals surface area contributed by atoms with Crippen molar-refractivity contribution in [3.05, 3.63) is 45.7 Å². The van der Waals surface area contributed by atoms with E-state index in [4.69, 9.17) is 33.6 Å². The Labute approximate surface area is 221 Å². The van der Waals surface area contributed by atoms with E-state index in [-0.39, 0.29) is 17.4 Å². The molecule has 0 bridgehead atoms. The summed E-state index contributed by atoms with van der Waals surface area (Å²) in [6, 6.07) is 6.92. The maximum absolute atomic E-state index is 10.5. The van der Waals surface area contributed by atoms with Crippen molar-refractivity contribution in [1.82, 2.24) is 20.2 Å². The van der Waals surface area contributed by atoms with Crippen molar-refractivity contribution >= 4 is 47.0 Å². The highest BCUT2D eigenvalue weighted by Crippen LogP contribution is 2.34. The minimum absolute atomic E-state index is 0.210. The molecule has 2 saturated heterocycles. The Morgan fingerprint density at radius 1 is 1.33 bits per heavy atom. The number of amides is 1. The van der Waals surface area contributed by atoms with E-state index < -0.39 is 0 Å². The topological polar surface area (TPSA) is 121 Å². The molecule has 0 aliphatic carbocycles. The summed E-state index contributed by atoms with van der Waals surface area (Å²) in [7, 11) is 0. The number of hydrogen-bond acceptors (Lipinski definition) is 8. The fourth-order valence-corrected chi connectivity index (χ4v) is 5.53. The molecule has 2 aliphatic heterocycles. The Morgan fingerprint density at radius 3 is 2.86 bits per heavy atom. The number of aromatic nitrogens is 2. The molecular weight excluding hydrogens is 499 g/mol. The number of likely N-dealkylation sites (tertiary alicyclic amines) is 1. The third-order valence-electron chi connectivity index (χ3n) is 6.99. The third kappa shape index (κ3) is 6.06. The summed E-state index contributed by atoms with van der Waals surface area (Å²) in [5.41, 5.74) is 0.790. The zero-order valence-corrected chi connectivity index (χ0v) is 21.7. The number of hydrogen-bond donors (Lipinski definition) is 3. The second-order valence-electron chi connectivity index (χ2n) is 9.38. The van der Waals surface area contributed by atoms with Crippen LogP contribution in [0.5, 0.6) is 0 Å². The number of carbonyl (C=O) groups excluding carboxylic acids is 1. The Balaban J connectivity index is 1.43. The van der Waals surface area contributed by atoms with Crippen LogP contribution in [0.4, 0.5) is 11.6 Å². The molecule has 3 heterocycles. The van der Waals surface area contributed by atoms with Crippen molar-refractivity contribution in [3.8, 4) is 6.07 Å². The molecule has 1 aromatic carbocycles. The Hall–Kier alpha value is -2.93. The van der Waals surface area contributed by atoms with Gasteiger partial charge in [0, 0.05) is 42.8 Å². The van der Waals surface area contributed by atoms with Gasteiger partial charge in [0.05, 0.1) is 12.2 Å². The molecule has 0 saturated carbocycles. The molecule has 2 unspecified atom stereocenters. The normalized spacial score (nSPS) is 19.2. The van der Waals surface area contributed by atoms with Crippen LogP contribution in [0.15, 0.2) is 24.4 Å². The number of benzene rings is 1. The standard InChI is InChI=1S/C25H30Cl2N8O/c1-16(20-5-4-19(26)9-21(20)27)32-25-24(22(29)10-28)31-11-23(33-25)35-13-18(14-35)17-3-2-7-34(12-17)8-6-30-15-36/h4-5,9,11,15-18,29H,2-3,6-8,12-14H2,1H3,(H,30,36)(H,32,33). The van der Waals surface area contributed by atoms with E-state index >= 15 is 0 Å². The summed E-state index contributed by atoms with van der Waals surface area (Å²) >= 11 is 12.4. The van der Waals surface area contributed by atoms with Crippen molar-refractivity contribution < 1.29 is 4.79 Å². The van der Waals surface area contributed by atoms with E-state index in [2.05, 4.69) is 25.4 Å². The number of nitrogens with one attached hydrogen (secondary N) is 3. The van der Waals surface area contributed by atoms with E-state index in [0.717, 1.165) is 50.5 Å². The van der Waals surface area contributed by atoms with Crippen LogP contribution in [0, 0.1) is 28.6 Å². The molecule has 2 fully saturated rings. The van der Waals surface area contributed by atoms with Crippen molar-refractivity contribution in [1.29, 1.82) is 10.7 Å². The monoisotopic (exact) mass is 528 g/mol. The lowest BCUT2D eigenvalue weighted by Crippen LogP contribution is -2.54. The van der Waals surface area contributed by atoms with Gasteiger partial charge in [-0.25, -0.2) is 9.97 Å². The van der Waals surface area contributed by atoms with Crippen molar-refractivity contribution in [2.75, 3.05) is 49.5 Å². The third-order valence-corrected chi connectivity index (χ3v) is 7.55. The molecule has 0 spiro atoms. The molecular formula is C25H30Cl2N8O. The van der Waals surface area contributed by atoms with Gasteiger partial charge in [-0.05, 0) is 55.8 Å². The highest BCUT2D eigenvalue weighted by Gasteiger charge is 2.36. The van der Waals surface area contributed by atoms with Crippen LogP contribution >= 0.6 is 23.2 Å². The molecule has 36 heavy (non-hydrogen) atoms. The second kappa shape index (κ2) is 11.9. The highest BCUT2D eigenvalue weighted by atomic mass is 35.5. The summed E-state index contributed by atoms with van der Waals surface area (Å²) < 4.78 is 0. The van der Waals surface area contributed by atoms with Gasteiger partial charge < -0.3 is 20.4 Å². The molecule has 190 valence electrons. The van der Waals surface area contributed by atoms with Crippen LogP contribution in [0.2, 0.25) is 10.0 Å². The molecule has 0 radical (unpaired) electrons. The lowest BCUT2D eigenvalue weighted by molar-refractivity contribution is -0.109. The SMILES string of the molecule is CC(Nc1nc(N2CC(C3CCCN(CCNC=O)C3)C2)cnc1C(=N)C#N)c1ccc(Cl)cc1Cl. The largest absolute Gasteiger partial charge is 0.362 e. The molecule has 1 aromatic heterocycles. The molecule has 9 nitrogen and oxygen atoms in total. The number of piperidine rings is 1. The van der Waals surface area contributed by atoms with Crippen LogP contribution in [-0.2, 0) is 4.79 Å². The average Bonchev–Trinajstić information content (AvgIpc) is 2.83. The van der Waals surface area contributed by atoms with Gasteiger partial charge in [-0.15, -0.1) is 0 Å². The lowest BCUT2D eigenvalue weighted by atomic mass is 9.80. The molecule has 1 amide bonds. The first-order valence-corrected chi connectivity index (χ1v) is 12.9. The maximum Gasteiger partial charge on any atom is 0.207 e.